The molecule has 0 spiro atoms. The van der Waals surface area contributed by atoms with E-state index in [2.05, 4.69) is 22.5 Å². The van der Waals surface area contributed by atoms with E-state index in [1.807, 2.05) is 48.8 Å². The maximum Gasteiger partial charge on any atom is 0.410 e. The highest BCUT2D eigenvalue weighted by molar-refractivity contribution is 7.79. The largest absolute Gasteiger partial charge is 0.444 e. The summed E-state index contributed by atoms with van der Waals surface area (Å²) in [4.78, 5) is 35.7. The van der Waals surface area contributed by atoms with Crippen LogP contribution in [0.1, 0.15) is 51.4 Å². The molecule has 0 aromatic carbocycles. The first-order chi connectivity index (χ1) is 15.2. The summed E-state index contributed by atoms with van der Waals surface area (Å²) in [7, 11) is 0. The second-order valence-corrected chi connectivity index (χ2v) is 10.2. The second-order valence-electron chi connectivity index (χ2n) is 9.87. The molecular weight excluding hydrogens is 424 g/mol. The predicted molar refractivity (Wildman–Crippen MR) is 129 cm³/mol. The van der Waals surface area contributed by atoms with Crippen LogP contribution in [-0.2, 0) is 21.7 Å². The molecule has 0 radical (unpaired) electrons. The number of hydrogen-bond acceptors (Lipinski definition) is 6. The molecule has 0 bridgehead atoms. The van der Waals surface area contributed by atoms with Crippen molar-refractivity contribution in [1.29, 1.82) is 0 Å². The lowest BCUT2D eigenvalue weighted by Crippen LogP contribution is -2.51. The standard InChI is InChI=1S/C24H38N4O3S/c1-24(2,3)31-23(30)28-11-9-19(10-12-28)17-26-13-15-27(16-14-26)22(29)8-7-20-5-4-6-21(18-32)25-20/h4-6,19,32H,7-18H2,1-3H3. The van der Waals surface area contributed by atoms with Crippen LogP contribution in [-0.4, -0.2) is 83.1 Å². The summed E-state index contributed by atoms with van der Waals surface area (Å²) in [5, 5.41) is 0. The number of carbonyl (C=O) groups excluding carboxylic acids is 2. The van der Waals surface area contributed by atoms with E-state index in [-0.39, 0.29) is 12.0 Å². The van der Waals surface area contributed by atoms with Crippen LogP contribution in [0.15, 0.2) is 18.2 Å². The van der Waals surface area contributed by atoms with Crippen LogP contribution in [0.3, 0.4) is 0 Å². The minimum atomic E-state index is -0.446. The van der Waals surface area contributed by atoms with Crippen LogP contribution in [0.5, 0.6) is 0 Å². The number of piperazine rings is 1. The third-order valence-electron chi connectivity index (χ3n) is 6.13. The minimum absolute atomic E-state index is 0.198. The highest BCUT2D eigenvalue weighted by atomic mass is 32.1. The van der Waals surface area contributed by atoms with Gasteiger partial charge in [0.05, 0.1) is 5.69 Å². The maximum atomic E-state index is 12.6. The van der Waals surface area contributed by atoms with Crippen LogP contribution in [0, 0.1) is 5.92 Å². The quantitative estimate of drug-likeness (QED) is 0.658. The van der Waals surface area contributed by atoms with E-state index in [1.54, 1.807) is 0 Å². The minimum Gasteiger partial charge on any atom is -0.444 e. The lowest BCUT2D eigenvalue weighted by molar-refractivity contribution is -0.133. The van der Waals surface area contributed by atoms with Gasteiger partial charge in [0.25, 0.3) is 0 Å². The average molecular weight is 463 g/mol. The molecule has 1 aromatic heterocycles. The van der Waals surface area contributed by atoms with Gasteiger partial charge in [-0.3, -0.25) is 14.7 Å². The van der Waals surface area contributed by atoms with Gasteiger partial charge >= 0.3 is 6.09 Å². The summed E-state index contributed by atoms with van der Waals surface area (Å²) in [6.07, 6.45) is 3.01. The lowest BCUT2D eigenvalue weighted by atomic mass is 9.96. The molecule has 3 heterocycles. The Hall–Kier alpha value is -1.80. The van der Waals surface area contributed by atoms with E-state index in [1.165, 1.54) is 0 Å². The molecule has 2 amide bonds. The van der Waals surface area contributed by atoms with Crippen molar-refractivity contribution in [2.75, 3.05) is 45.8 Å². The van der Waals surface area contributed by atoms with Gasteiger partial charge < -0.3 is 14.5 Å². The Kier molecular flexibility index (Phi) is 8.82. The van der Waals surface area contributed by atoms with Crippen molar-refractivity contribution in [1.82, 2.24) is 19.7 Å². The number of hydrogen-bond donors (Lipinski definition) is 1. The summed E-state index contributed by atoms with van der Waals surface area (Å²) < 4.78 is 5.49. The smallest absolute Gasteiger partial charge is 0.410 e. The molecule has 0 atom stereocenters. The van der Waals surface area contributed by atoms with Gasteiger partial charge in [0.2, 0.25) is 5.91 Å². The molecule has 3 rings (SSSR count). The zero-order chi connectivity index (χ0) is 23.1. The second kappa shape index (κ2) is 11.4. The normalized spacial score (nSPS) is 18.6. The Bertz CT molecular complexity index is 767. The maximum absolute atomic E-state index is 12.6. The van der Waals surface area contributed by atoms with Gasteiger partial charge in [-0.25, -0.2) is 4.79 Å². The number of thiol groups is 1. The van der Waals surface area contributed by atoms with Crippen molar-refractivity contribution in [3.05, 3.63) is 29.6 Å². The van der Waals surface area contributed by atoms with Crippen molar-refractivity contribution in [2.45, 2.75) is 57.8 Å². The number of piperidine rings is 1. The van der Waals surface area contributed by atoms with Gasteiger partial charge in [-0.15, -0.1) is 0 Å². The first kappa shape index (κ1) is 24.8. The summed E-state index contributed by atoms with van der Waals surface area (Å²) in [6.45, 7) is 11.7. The Labute approximate surface area is 197 Å². The van der Waals surface area contributed by atoms with Gasteiger partial charge in [0, 0.05) is 63.7 Å². The topological polar surface area (TPSA) is 66.0 Å². The van der Waals surface area contributed by atoms with E-state index < -0.39 is 5.60 Å². The molecule has 7 nitrogen and oxygen atoms in total. The molecule has 2 saturated heterocycles. The van der Waals surface area contributed by atoms with Gasteiger partial charge in [0.1, 0.15) is 5.60 Å². The van der Waals surface area contributed by atoms with Crippen LogP contribution in [0.25, 0.3) is 0 Å². The number of aryl methyl sites for hydroxylation is 1. The molecule has 0 N–H and O–H groups in total. The Morgan fingerprint density at radius 1 is 1.03 bits per heavy atom. The number of amides is 2. The zero-order valence-corrected chi connectivity index (χ0v) is 20.6. The van der Waals surface area contributed by atoms with E-state index in [4.69, 9.17) is 4.74 Å². The number of likely N-dealkylation sites (tertiary alicyclic amines) is 1. The molecular formula is C24H38N4O3S. The molecule has 0 unspecified atom stereocenters. The van der Waals surface area contributed by atoms with Crippen molar-refractivity contribution < 1.29 is 14.3 Å². The summed E-state index contributed by atoms with van der Waals surface area (Å²) in [5.41, 5.74) is 1.46. The summed E-state index contributed by atoms with van der Waals surface area (Å²) >= 11 is 4.27. The fourth-order valence-corrected chi connectivity index (χ4v) is 4.50. The third kappa shape index (κ3) is 7.66. The number of pyridine rings is 1. The van der Waals surface area contributed by atoms with Crippen molar-refractivity contribution in [3.8, 4) is 0 Å². The number of ether oxygens (including phenoxy) is 1. The Morgan fingerprint density at radius 3 is 2.31 bits per heavy atom. The van der Waals surface area contributed by atoms with Crippen LogP contribution >= 0.6 is 12.6 Å². The third-order valence-corrected chi connectivity index (χ3v) is 6.45. The molecule has 0 saturated carbocycles. The number of rotatable bonds is 6. The molecule has 1 aromatic rings. The molecule has 32 heavy (non-hydrogen) atoms. The van der Waals surface area contributed by atoms with Crippen LogP contribution < -0.4 is 0 Å². The average Bonchev–Trinajstić information content (AvgIpc) is 2.77. The van der Waals surface area contributed by atoms with Crippen molar-refractivity contribution in [2.24, 2.45) is 5.92 Å². The molecule has 2 aliphatic rings. The summed E-state index contributed by atoms with van der Waals surface area (Å²) in [5.74, 6) is 1.43. The summed E-state index contributed by atoms with van der Waals surface area (Å²) in [6, 6.07) is 5.92. The Balaban J connectivity index is 1.34. The first-order valence-electron chi connectivity index (χ1n) is 11.8. The van der Waals surface area contributed by atoms with Crippen molar-refractivity contribution >= 4 is 24.6 Å². The molecule has 2 fully saturated rings. The monoisotopic (exact) mass is 462 g/mol. The highest BCUT2D eigenvalue weighted by Crippen LogP contribution is 2.21. The van der Waals surface area contributed by atoms with E-state index in [0.717, 1.165) is 70.0 Å². The van der Waals surface area contributed by atoms with Gasteiger partial charge in [-0.05, 0) is 58.1 Å². The van der Waals surface area contributed by atoms with Crippen LogP contribution in [0.4, 0.5) is 4.79 Å². The van der Waals surface area contributed by atoms with E-state index in [9.17, 15) is 9.59 Å². The van der Waals surface area contributed by atoms with Crippen molar-refractivity contribution in [3.63, 3.8) is 0 Å². The number of nitrogens with zero attached hydrogens (tertiary/aromatic N) is 4. The highest BCUT2D eigenvalue weighted by Gasteiger charge is 2.29. The Morgan fingerprint density at radius 2 is 1.69 bits per heavy atom. The van der Waals surface area contributed by atoms with Gasteiger partial charge in [0.15, 0.2) is 0 Å². The van der Waals surface area contributed by atoms with Gasteiger partial charge in [-0.1, -0.05) is 6.07 Å². The number of aromatic nitrogens is 1. The number of carbonyl (C=O) groups is 2. The lowest BCUT2D eigenvalue weighted by Gasteiger charge is -2.39. The van der Waals surface area contributed by atoms with Gasteiger partial charge in [-0.2, -0.15) is 12.6 Å². The molecule has 2 aliphatic heterocycles. The van der Waals surface area contributed by atoms with Crippen LogP contribution in [0.2, 0.25) is 0 Å². The fraction of sp³-hybridized carbons (Fsp3) is 0.708. The SMILES string of the molecule is CC(C)(C)OC(=O)N1CCC(CN2CCN(C(=O)CCc3cccc(CS)n3)CC2)CC1. The molecule has 8 heteroatoms. The fourth-order valence-electron chi connectivity index (χ4n) is 4.32. The molecule has 178 valence electrons. The zero-order valence-electron chi connectivity index (χ0n) is 19.8. The first-order valence-corrected chi connectivity index (χ1v) is 12.4. The predicted octanol–water partition coefficient (Wildman–Crippen LogP) is 3.24. The van der Waals surface area contributed by atoms with E-state index in [0.29, 0.717) is 24.5 Å². The molecule has 0 aliphatic carbocycles. The van der Waals surface area contributed by atoms with E-state index >= 15 is 0 Å².